The summed E-state index contributed by atoms with van der Waals surface area (Å²) in [5, 5.41) is 17.1. The summed E-state index contributed by atoms with van der Waals surface area (Å²) in [4.78, 5) is 46.5. The Morgan fingerprint density at radius 2 is 1.77 bits per heavy atom. The summed E-state index contributed by atoms with van der Waals surface area (Å²) >= 11 is 0.676. The fourth-order valence-corrected chi connectivity index (χ4v) is 3.24. The zero-order valence-electron chi connectivity index (χ0n) is 13.2. The molecule has 1 aromatic heterocycles. The first-order valence-corrected chi connectivity index (χ1v) is 8.16. The van der Waals surface area contributed by atoms with Gasteiger partial charge in [0.2, 0.25) is 0 Å². The van der Waals surface area contributed by atoms with Crippen LogP contribution in [-0.2, 0) is 9.59 Å². The molecule has 1 aliphatic heterocycles. The molecule has 9 heteroatoms. The maximum atomic E-state index is 12.2. The van der Waals surface area contributed by atoms with E-state index < -0.39 is 29.6 Å². The standard InChI is InChI=1S/C17H12N2O6S/c20-14(21)9-19-15(22)13(26-17(19)25)8-12-2-1-7-18(12)11-5-3-10(4-6-11)16(23)24/h1-8H,9H2,(H,20,21)(H,23,24)/b13-8+. The molecule has 0 saturated carbocycles. The number of benzene rings is 1. The number of aromatic nitrogens is 1. The number of nitrogens with zero attached hydrogens (tertiary/aromatic N) is 2. The van der Waals surface area contributed by atoms with Crippen LogP contribution < -0.4 is 0 Å². The monoisotopic (exact) mass is 372 g/mol. The van der Waals surface area contributed by atoms with Gasteiger partial charge in [0, 0.05) is 17.6 Å². The molecule has 2 N–H and O–H groups in total. The van der Waals surface area contributed by atoms with E-state index >= 15 is 0 Å². The van der Waals surface area contributed by atoms with Crippen molar-refractivity contribution in [2.45, 2.75) is 0 Å². The Morgan fingerprint density at radius 1 is 1.08 bits per heavy atom. The Morgan fingerprint density at radius 3 is 2.38 bits per heavy atom. The van der Waals surface area contributed by atoms with Crippen molar-refractivity contribution in [3.63, 3.8) is 0 Å². The SMILES string of the molecule is O=C(O)CN1C(=O)S/C(=C/c2cccn2-c2ccc(C(=O)O)cc2)C1=O. The lowest BCUT2D eigenvalue weighted by molar-refractivity contribution is -0.140. The largest absolute Gasteiger partial charge is 0.480 e. The summed E-state index contributed by atoms with van der Waals surface area (Å²) in [6.07, 6.45) is 3.22. The molecule has 2 aromatic rings. The summed E-state index contributed by atoms with van der Waals surface area (Å²) in [5.74, 6) is -2.96. The summed E-state index contributed by atoms with van der Waals surface area (Å²) in [6.45, 7) is -0.681. The van der Waals surface area contributed by atoms with Gasteiger partial charge in [0.25, 0.3) is 11.1 Å². The van der Waals surface area contributed by atoms with Crippen molar-refractivity contribution < 1.29 is 29.4 Å². The first kappa shape index (κ1) is 17.5. The number of carbonyl (C=O) groups excluding carboxylic acids is 2. The Bertz CT molecular complexity index is 944. The molecule has 8 nitrogen and oxygen atoms in total. The average Bonchev–Trinajstić information content (AvgIpc) is 3.15. The molecule has 132 valence electrons. The zero-order chi connectivity index (χ0) is 18.8. The number of carboxylic acids is 2. The van der Waals surface area contributed by atoms with Crippen molar-refractivity contribution in [1.29, 1.82) is 0 Å². The fourth-order valence-electron chi connectivity index (χ4n) is 2.42. The first-order valence-electron chi connectivity index (χ1n) is 7.35. The van der Waals surface area contributed by atoms with E-state index in [1.807, 2.05) is 0 Å². The number of hydrogen-bond acceptors (Lipinski definition) is 5. The molecule has 0 unspecified atom stereocenters. The minimum atomic E-state index is -1.27. The lowest BCUT2D eigenvalue weighted by atomic mass is 10.2. The van der Waals surface area contributed by atoms with Gasteiger partial charge in [-0.3, -0.25) is 19.3 Å². The van der Waals surface area contributed by atoms with E-state index in [4.69, 9.17) is 10.2 Å². The number of carboxylic acid groups (broad SMARTS) is 2. The molecule has 26 heavy (non-hydrogen) atoms. The van der Waals surface area contributed by atoms with Crippen LogP contribution in [0.25, 0.3) is 11.8 Å². The van der Waals surface area contributed by atoms with E-state index in [-0.39, 0.29) is 10.5 Å². The summed E-state index contributed by atoms with van der Waals surface area (Å²) in [6, 6.07) is 9.62. The van der Waals surface area contributed by atoms with Crippen LogP contribution in [0.2, 0.25) is 0 Å². The highest BCUT2D eigenvalue weighted by Crippen LogP contribution is 2.32. The Labute approximate surface area is 151 Å². The molecular formula is C17H12N2O6S. The molecule has 0 atom stereocenters. The smallest absolute Gasteiger partial charge is 0.335 e. The van der Waals surface area contributed by atoms with Crippen molar-refractivity contribution in [2.24, 2.45) is 0 Å². The third-order valence-electron chi connectivity index (χ3n) is 3.62. The normalized spacial score (nSPS) is 15.7. The highest BCUT2D eigenvalue weighted by molar-refractivity contribution is 8.18. The van der Waals surface area contributed by atoms with Crippen LogP contribution in [0.4, 0.5) is 4.79 Å². The number of carbonyl (C=O) groups is 4. The molecule has 0 radical (unpaired) electrons. The van der Waals surface area contributed by atoms with Crippen LogP contribution in [0.3, 0.4) is 0 Å². The fraction of sp³-hybridized carbons (Fsp3) is 0.0588. The average molecular weight is 372 g/mol. The second-order valence-electron chi connectivity index (χ2n) is 5.32. The van der Waals surface area contributed by atoms with Gasteiger partial charge < -0.3 is 14.8 Å². The van der Waals surface area contributed by atoms with Crippen molar-refractivity contribution in [2.75, 3.05) is 6.54 Å². The second kappa shape index (κ2) is 6.89. The predicted octanol–water partition coefficient (Wildman–Crippen LogP) is 2.30. The van der Waals surface area contributed by atoms with Gasteiger partial charge in [-0.15, -0.1) is 0 Å². The summed E-state index contributed by atoms with van der Waals surface area (Å²) in [5.41, 5.74) is 1.42. The number of rotatable bonds is 5. The van der Waals surface area contributed by atoms with Gasteiger partial charge in [0.1, 0.15) is 6.54 Å². The number of aliphatic carboxylic acids is 1. The number of hydrogen-bond donors (Lipinski definition) is 2. The quantitative estimate of drug-likeness (QED) is 0.773. The molecule has 0 bridgehead atoms. The molecule has 2 amide bonds. The van der Waals surface area contributed by atoms with Gasteiger partial charge in [-0.2, -0.15) is 0 Å². The molecular weight excluding hydrogens is 360 g/mol. The lowest BCUT2D eigenvalue weighted by Gasteiger charge is -2.08. The van der Waals surface area contributed by atoms with E-state index in [2.05, 4.69) is 0 Å². The molecule has 0 aliphatic carbocycles. The minimum absolute atomic E-state index is 0.123. The van der Waals surface area contributed by atoms with Gasteiger partial charge in [0.15, 0.2) is 0 Å². The van der Waals surface area contributed by atoms with Crippen molar-refractivity contribution in [3.05, 3.63) is 58.8 Å². The van der Waals surface area contributed by atoms with Gasteiger partial charge in [-0.05, 0) is 54.2 Å². The molecule has 2 heterocycles. The second-order valence-corrected chi connectivity index (χ2v) is 6.31. The van der Waals surface area contributed by atoms with Crippen molar-refractivity contribution in [1.82, 2.24) is 9.47 Å². The maximum Gasteiger partial charge on any atom is 0.335 e. The number of imide groups is 1. The van der Waals surface area contributed by atoms with Crippen molar-refractivity contribution in [3.8, 4) is 5.69 Å². The molecule has 0 spiro atoms. The van der Waals surface area contributed by atoms with Gasteiger partial charge >= 0.3 is 11.9 Å². The third-order valence-corrected chi connectivity index (χ3v) is 4.53. The minimum Gasteiger partial charge on any atom is -0.480 e. The first-order chi connectivity index (χ1) is 12.4. The maximum absolute atomic E-state index is 12.2. The van der Waals surface area contributed by atoms with Crippen LogP contribution in [0.5, 0.6) is 0 Å². The van der Waals surface area contributed by atoms with E-state index in [1.54, 1.807) is 35.0 Å². The van der Waals surface area contributed by atoms with Crippen LogP contribution in [-0.4, -0.2) is 49.3 Å². The van der Waals surface area contributed by atoms with E-state index in [9.17, 15) is 19.2 Å². The topological polar surface area (TPSA) is 117 Å². The van der Waals surface area contributed by atoms with Gasteiger partial charge in [-0.1, -0.05) is 0 Å². The molecule has 1 aromatic carbocycles. The molecule has 1 aliphatic rings. The Hall–Kier alpha value is -3.33. The van der Waals surface area contributed by atoms with Crippen LogP contribution in [0.15, 0.2) is 47.5 Å². The zero-order valence-corrected chi connectivity index (χ0v) is 14.0. The van der Waals surface area contributed by atoms with Crippen LogP contribution >= 0.6 is 11.8 Å². The Kier molecular flexibility index (Phi) is 4.63. The summed E-state index contributed by atoms with van der Waals surface area (Å²) < 4.78 is 1.72. The van der Waals surface area contributed by atoms with E-state index in [0.717, 1.165) is 0 Å². The highest BCUT2D eigenvalue weighted by Gasteiger charge is 2.36. The Balaban J connectivity index is 1.90. The lowest BCUT2D eigenvalue weighted by Crippen LogP contribution is -2.33. The van der Waals surface area contributed by atoms with Gasteiger partial charge in [-0.25, -0.2) is 4.79 Å². The highest BCUT2D eigenvalue weighted by atomic mass is 32.2. The molecule has 1 fully saturated rings. The van der Waals surface area contributed by atoms with Crippen molar-refractivity contribution >= 4 is 40.9 Å². The predicted molar refractivity (Wildman–Crippen MR) is 93.0 cm³/mol. The molecule has 3 rings (SSSR count). The van der Waals surface area contributed by atoms with E-state index in [0.29, 0.717) is 28.0 Å². The van der Waals surface area contributed by atoms with Crippen LogP contribution in [0, 0.1) is 0 Å². The molecule has 1 saturated heterocycles. The number of aromatic carboxylic acids is 1. The summed E-state index contributed by atoms with van der Waals surface area (Å²) in [7, 11) is 0. The van der Waals surface area contributed by atoms with Gasteiger partial charge in [0.05, 0.1) is 10.5 Å². The van der Waals surface area contributed by atoms with Crippen LogP contribution in [0.1, 0.15) is 16.1 Å². The number of thioether (sulfide) groups is 1. The third kappa shape index (κ3) is 3.38. The number of amides is 2. The van der Waals surface area contributed by atoms with E-state index in [1.165, 1.54) is 18.2 Å².